The monoisotopic (exact) mass is 387 g/mol. The Bertz CT molecular complexity index is 1040. The first-order valence-electron chi connectivity index (χ1n) is 10.5. The van der Waals surface area contributed by atoms with E-state index >= 15 is 0 Å². The van der Waals surface area contributed by atoms with Crippen LogP contribution >= 0.6 is 0 Å². The van der Waals surface area contributed by atoms with Gasteiger partial charge in [-0.1, -0.05) is 24.3 Å². The van der Waals surface area contributed by atoms with Crippen molar-refractivity contribution in [3.8, 4) is 0 Å². The summed E-state index contributed by atoms with van der Waals surface area (Å²) in [5, 5.41) is 4.22. The molecular formula is C23H25N5O. The highest BCUT2D eigenvalue weighted by Crippen LogP contribution is 2.28. The molecule has 1 amide bonds. The second kappa shape index (κ2) is 7.78. The summed E-state index contributed by atoms with van der Waals surface area (Å²) in [6.07, 6.45) is 8.12. The van der Waals surface area contributed by atoms with Crippen LogP contribution in [0, 0.1) is 0 Å². The van der Waals surface area contributed by atoms with Gasteiger partial charge in [-0.2, -0.15) is 0 Å². The van der Waals surface area contributed by atoms with Gasteiger partial charge in [0.15, 0.2) is 0 Å². The van der Waals surface area contributed by atoms with Gasteiger partial charge in [0, 0.05) is 35.8 Å². The van der Waals surface area contributed by atoms with Gasteiger partial charge in [-0.15, -0.1) is 0 Å². The summed E-state index contributed by atoms with van der Waals surface area (Å²) in [7, 11) is 0. The smallest absolute Gasteiger partial charge is 0.270 e. The Morgan fingerprint density at radius 1 is 1.00 bits per heavy atom. The van der Waals surface area contributed by atoms with Gasteiger partial charge in [0.1, 0.15) is 17.8 Å². The van der Waals surface area contributed by atoms with Crippen molar-refractivity contribution in [2.45, 2.75) is 44.6 Å². The lowest BCUT2D eigenvalue weighted by molar-refractivity contribution is 0.0926. The van der Waals surface area contributed by atoms with Crippen molar-refractivity contribution >= 4 is 22.6 Å². The lowest BCUT2D eigenvalue weighted by Gasteiger charge is -2.35. The molecule has 0 atom stereocenters. The summed E-state index contributed by atoms with van der Waals surface area (Å²) in [5.41, 5.74) is 3.89. The van der Waals surface area contributed by atoms with E-state index in [2.05, 4.69) is 25.2 Å². The van der Waals surface area contributed by atoms with Crippen molar-refractivity contribution in [2.24, 2.45) is 0 Å². The fourth-order valence-electron chi connectivity index (χ4n) is 4.46. The van der Waals surface area contributed by atoms with Crippen LogP contribution in [-0.2, 0) is 12.8 Å². The van der Waals surface area contributed by atoms with E-state index < -0.39 is 0 Å². The van der Waals surface area contributed by atoms with Crippen LogP contribution < -0.4 is 10.2 Å². The van der Waals surface area contributed by atoms with Gasteiger partial charge in [-0.05, 0) is 50.7 Å². The number of pyridine rings is 1. The Kier molecular flexibility index (Phi) is 4.84. The van der Waals surface area contributed by atoms with Crippen molar-refractivity contribution in [1.29, 1.82) is 0 Å². The molecule has 148 valence electrons. The molecule has 3 heterocycles. The number of carbonyl (C=O) groups excluding carboxylic acids is 1. The van der Waals surface area contributed by atoms with Crippen LogP contribution in [0.2, 0.25) is 0 Å². The van der Waals surface area contributed by atoms with Crippen molar-refractivity contribution < 1.29 is 4.79 Å². The van der Waals surface area contributed by atoms with Gasteiger partial charge in [-0.3, -0.25) is 4.79 Å². The number of rotatable bonds is 3. The minimum atomic E-state index is -0.0892. The predicted octanol–water partition coefficient (Wildman–Crippen LogP) is 3.30. The molecule has 0 bridgehead atoms. The number of hydrogen-bond acceptors (Lipinski definition) is 5. The zero-order valence-corrected chi connectivity index (χ0v) is 16.5. The number of carbonyl (C=O) groups is 1. The second-order valence-corrected chi connectivity index (χ2v) is 7.95. The molecule has 2 aromatic heterocycles. The molecule has 0 unspecified atom stereocenters. The Hall–Kier alpha value is -3.02. The van der Waals surface area contributed by atoms with E-state index in [4.69, 9.17) is 0 Å². The summed E-state index contributed by atoms with van der Waals surface area (Å²) in [5.74, 6) is 1.02. The molecule has 1 aliphatic heterocycles. The van der Waals surface area contributed by atoms with E-state index in [0.29, 0.717) is 5.69 Å². The summed E-state index contributed by atoms with van der Waals surface area (Å²) in [4.78, 5) is 28.6. The van der Waals surface area contributed by atoms with Gasteiger partial charge in [0.2, 0.25) is 0 Å². The van der Waals surface area contributed by atoms with E-state index in [0.717, 1.165) is 55.5 Å². The van der Waals surface area contributed by atoms with Crippen molar-refractivity contribution in [3.63, 3.8) is 0 Å². The van der Waals surface area contributed by atoms with Gasteiger partial charge >= 0.3 is 0 Å². The van der Waals surface area contributed by atoms with Crippen LogP contribution in [0.1, 0.15) is 47.4 Å². The highest BCUT2D eigenvalue weighted by atomic mass is 16.1. The van der Waals surface area contributed by atoms with Gasteiger partial charge in [0.25, 0.3) is 5.91 Å². The van der Waals surface area contributed by atoms with Gasteiger partial charge < -0.3 is 10.2 Å². The molecule has 6 nitrogen and oxygen atoms in total. The summed E-state index contributed by atoms with van der Waals surface area (Å²) in [6.45, 7) is 1.80. The number of nitrogens with zero attached hydrogens (tertiary/aromatic N) is 4. The highest BCUT2D eigenvalue weighted by molar-refractivity contribution is 5.95. The summed E-state index contributed by atoms with van der Waals surface area (Å²) in [6, 6.07) is 11.8. The fraction of sp³-hybridized carbons (Fsp3) is 0.391. The molecule has 1 aliphatic carbocycles. The number of amides is 1. The Morgan fingerprint density at radius 2 is 1.83 bits per heavy atom. The van der Waals surface area contributed by atoms with E-state index in [-0.39, 0.29) is 11.9 Å². The predicted molar refractivity (Wildman–Crippen MR) is 113 cm³/mol. The Balaban J connectivity index is 1.23. The molecule has 0 radical (unpaired) electrons. The van der Waals surface area contributed by atoms with E-state index in [1.165, 1.54) is 24.1 Å². The highest BCUT2D eigenvalue weighted by Gasteiger charge is 2.25. The SMILES string of the molecule is O=C(NC1CCN(c2ncnc3c2CCCC3)CC1)c1ccc2ccccc2n1. The number of aromatic nitrogens is 3. The van der Waals surface area contributed by atoms with Gasteiger partial charge in [0.05, 0.1) is 5.52 Å². The molecule has 1 N–H and O–H groups in total. The average molecular weight is 387 g/mol. The van der Waals surface area contributed by atoms with E-state index in [1.54, 1.807) is 12.4 Å². The second-order valence-electron chi connectivity index (χ2n) is 7.95. The van der Waals surface area contributed by atoms with Crippen molar-refractivity contribution in [2.75, 3.05) is 18.0 Å². The summed E-state index contributed by atoms with van der Waals surface area (Å²) < 4.78 is 0. The number of benzene rings is 1. The molecule has 5 rings (SSSR count). The number of para-hydroxylation sites is 1. The van der Waals surface area contributed by atoms with E-state index in [1.807, 2.05) is 30.3 Å². The average Bonchev–Trinajstić information content (AvgIpc) is 2.79. The van der Waals surface area contributed by atoms with Crippen LogP contribution in [-0.4, -0.2) is 40.0 Å². The molecule has 29 heavy (non-hydrogen) atoms. The molecule has 3 aromatic rings. The zero-order valence-electron chi connectivity index (χ0n) is 16.5. The largest absolute Gasteiger partial charge is 0.356 e. The van der Waals surface area contributed by atoms with E-state index in [9.17, 15) is 4.79 Å². The maximum atomic E-state index is 12.7. The molecule has 1 fully saturated rings. The first-order valence-corrected chi connectivity index (χ1v) is 10.5. The summed E-state index contributed by atoms with van der Waals surface area (Å²) >= 11 is 0. The Labute approximate surface area is 170 Å². The normalized spacial score (nSPS) is 17.2. The third-order valence-corrected chi connectivity index (χ3v) is 6.06. The third-order valence-electron chi connectivity index (χ3n) is 6.06. The fourth-order valence-corrected chi connectivity index (χ4v) is 4.46. The first-order chi connectivity index (χ1) is 14.3. The number of nitrogens with one attached hydrogen (secondary N) is 1. The van der Waals surface area contributed by atoms with Crippen LogP contribution in [0.5, 0.6) is 0 Å². The number of fused-ring (bicyclic) bond motifs is 2. The minimum absolute atomic E-state index is 0.0892. The third kappa shape index (κ3) is 3.67. The maximum absolute atomic E-state index is 12.7. The number of hydrogen-bond donors (Lipinski definition) is 1. The number of anilines is 1. The molecule has 1 saturated heterocycles. The van der Waals surface area contributed by atoms with Crippen LogP contribution in [0.15, 0.2) is 42.7 Å². The van der Waals surface area contributed by atoms with Crippen LogP contribution in [0.25, 0.3) is 10.9 Å². The first kappa shape index (κ1) is 18.0. The van der Waals surface area contributed by atoms with Crippen molar-refractivity contribution in [1.82, 2.24) is 20.3 Å². The molecule has 0 spiro atoms. The van der Waals surface area contributed by atoms with Crippen molar-refractivity contribution in [3.05, 3.63) is 59.7 Å². The molecule has 0 saturated carbocycles. The quantitative estimate of drug-likeness (QED) is 0.747. The number of piperidine rings is 1. The number of aryl methyl sites for hydroxylation is 1. The standard InChI is InChI=1S/C23H25N5O/c29-23(21-10-9-16-5-1-3-7-19(16)27-21)26-17-11-13-28(14-12-17)22-18-6-2-4-8-20(18)24-15-25-22/h1,3,5,7,9-10,15,17H,2,4,6,8,11-14H2,(H,26,29). The zero-order chi connectivity index (χ0) is 19.6. The van der Waals surface area contributed by atoms with Crippen LogP contribution in [0.3, 0.4) is 0 Å². The molecule has 1 aromatic carbocycles. The van der Waals surface area contributed by atoms with Gasteiger partial charge in [-0.25, -0.2) is 15.0 Å². The topological polar surface area (TPSA) is 71.0 Å². The van der Waals surface area contributed by atoms with Crippen LogP contribution in [0.4, 0.5) is 5.82 Å². The molecule has 2 aliphatic rings. The Morgan fingerprint density at radius 3 is 2.72 bits per heavy atom. The molecule has 6 heteroatoms. The lowest BCUT2D eigenvalue weighted by Crippen LogP contribution is -2.45. The molecular weight excluding hydrogens is 362 g/mol. The minimum Gasteiger partial charge on any atom is -0.356 e. The maximum Gasteiger partial charge on any atom is 0.270 e. The lowest BCUT2D eigenvalue weighted by atomic mass is 9.95.